The van der Waals surface area contributed by atoms with Crippen LogP contribution in [0.5, 0.6) is 0 Å². The molecule has 3 aromatic carbocycles. The van der Waals surface area contributed by atoms with Crippen LogP contribution in [0.1, 0.15) is 33.6 Å². The molecule has 0 fully saturated rings. The van der Waals surface area contributed by atoms with Crippen molar-refractivity contribution in [2.75, 3.05) is 23.8 Å². The smallest absolute Gasteiger partial charge is 0.374 e. The Morgan fingerprint density at radius 1 is 1.03 bits per heavy atom. The number of alkyl halides is 3. The van der Waals surface area contributed by atoms with Gasteiger partial charge in [-0.25, -0.2) is 4.39 Å². The minimum Gasteiger partial charge on any atom is -0.374 e. The van der Waals surface area contributed by atoms with Gasteiger partial charge in [0.1, 0.15) is 11.5 Å². The van der Waals surface area contributed by atoms with Gasteiger partial charge in [0.2, 0.25) is 0 Å². The molecule has 0 atom stereocenters. The molecule has 0 saturated carbocycles. The van der Waals surface area contributed by atoms with E-state index in [0.29, 0.717) is 16.8 Å². The van der Waals surface area contributed by atoms with Crippen LogP contribution in [0.15, 0.2) is 66.7 Å². The normalized spacial score (nSPS) is 13.7. The van der Waals surface area contributed by atoms with Gasteiger partial charge in [0, 0.05) is 42.4 Å². The van der Waals surface area contributed by atoms with Crippen LogP contribution in [0, 0.1) is 5.82 Å². The number of rotatable bonds is 4. The van der Waals surface area contributed by atoms with Crippen LogP contribution in [0.25, 0.3) is 10.9 Å². The van der Waals surface area contributed by atoms with Crippen LogP contribution in [0.4, 0.5) is 28.9 Å². The van der Waals surface area contributed by atoms with Crippen molar-refractivity contribution in [1.29, 1.82) is 0 Å². The SMILES string of the molecule is CN1CCCc2ccc(NC(=O)c3cc4cc(C(F)(F)F)ccc4n3Cc3cccc(F)c3)cc21. The molecular formula is C27H23F4N3O. The summed E-state index contributed by atoms with van der Waals surface area (Å²) >= 11 is 0. The van der Waals surface area contributed by atoms with E-state index in [4.69, 9.17) is 0 Å². The van der Waals surface area contributed by atoms with E-state index in [2.05, 4.69) is 10.2 Å². The second-order valence-corrected chi connectivity index (χ2v) is 8.84. The number of carbonyl (C=O) groups excluding carboxylic acids is 1. The number of aryl methyl sites for hydroxylation is 1. The van der Waals surface area contributed by atoms with E-state index in [1.165, 1.54) is 29.8 Å². The number of halogens is 4. The van der Waals surface area contributed by atoms with Crippen molar-refractivity contribution in [1.82, 2.24) is 4.57 Å². The van der Waals surface area contributed by atoms with Crippen LogP contribution in [-0.4, -0.2) is 24.1 Å². The summed E-state index contributed by atoms with van der Waals surface area (Å²) in [5.41, 5.74) is 3.29. The monoisotopic (exact) mass is 481 g/mol. The van der Waals surface area contributed by atoms with Crippen LogP contribution in [0.3, 0.4) is 0 Å². The second-order valence-electron chi connectivity index (χ2n) is 8.84. The largest absolute Gasteiger partial charge is 0.416 e. The van der Waals surface area contributed by atoms with E-state index in [1.54, 1.807) is 16.7 Å². The highest BCUT2D eigenvalue weighted by Gasteiger charge is 2.31. The summed E-state index contributed by atoms with van der Waals surface area (Å²) in [6, 6.07) is 16.5. The molecule has 0 spiro atoms. The molecule has 1 aliphatic rings. The van der Waals surface area contributed by atoms with Crippen molar-refractivity contribution in [2.45, 2.75) is 25.6 Å². The zero-order chi connectivity index (χ0) is 24.7. The van der Waals surface area contributed by atoms with E-state index in [-0.39, 0.29) is 17.6 Å². The van der Waals surface area contributed by atoms with Crippen molar-refractivity contribution in [3.8, 4) is 0 Å². The van der Waals surface area contributed by atoms with Gasteiger partial charge in [-0.1, -0.05) is 18.2 Å². The fourth-order valence-electron chi connectivity index (χ4n) is 4.65. The van der Waals surface area contributed by atoms with Crippen molar-refractivity contribution in [3.63, 3.8) is 0 Å². The number of hydrogen-bond acceptors (Lipinski definition) is 2. The first-order chi connectivity index (χ1) is 16.7. The molecule has 5 rings (SSSR count). The molecular weight excluding hydrogens is 458 g/mol. The lowest BCUT2D eigenvalue weighted by atomic mass is 10.0. The van der Waals surface area contributed by atoms with E-state index >= 15 is 0 Å². The average Bonchev–Trinajstić information content (AvgIpc) is 3.17. The second kappa shape index (κ2) is 8.76. The molecule has 0 aliphatic carbocycles. The number of benzene rings is 3. The van der Waals surface area contributed by atoms with Gasteiger partial charge in [-0.05, 0) is 72.5 Å². The van der Waals surface area contributed by atoms with Gasteiger partial charge in [0.15, 0.2) is 0 Å². The Morgan fingerprint density at radius 3 is 2.63 bits per heavy atom. The fourth-order valence-corrected chi connectivity index (χ4v) is 4.65. The number of hydrogen-bond donors (Lipinski definition) is 1. The first-order valence-corrected chi connectivity index (χ1v) is 11.3. The third-order valence-electron chi connectivity index (χ3n) is 6.39. The van der Waals surface area contributed by atoms with Crippen LogP contribution < -0.4 is 10.2 Å². The van der Waals surface area contributed by atoms with E-state index in [0.717, 1.165) is 37.2 Å². The molecule has 180 valence electrons. The van der Waals surface area contributed by atoms with Crippen molar-refractivity contribution >= 4 is 28.2 Å². The van der Waals surface area contributed by atoms with E-state index < -0.39 is 23.5 Å². The number of fused-ring (bicyclic) bond motifs is 2. The lowest BCUT2D eigenvalue weighted by Crippen LogP contribution is -2.25. The number of carbonyl (C=O) groups is 1. The summed E-state index contributed by atoms with van der Waals surface area (Å²) in [7, 11) is 2.00. The molecule has 1 amide bonds. The fraction of sp³-hybridized carbons (Fsp3) is 0.222. The van der Waals surface area contributed by atoms with Crippen LogP contribution >= 0.6 is 0 Å². The zero-order valence-corrected chi connectivity index (χ0v) is 19.0. The maximum Gasteiger partial charge on any atom is 0.416 e. The van der Waals surface area contributed by atoms with Gasteiger partial charge in [0.25, 0.3) is 5.91 Å². The molecule has 0 bridgehead atoms. The summed E-state index contributed by atoms with van der Waals surface area (Å²) in [6.07, 6.45) is -2.47. The van der Waals surface area contributed by atoms with Gasteiger partial charge in [-0.3, -0.25) is 4.79 Å². The Hall–Kier alpha value is -3.81. The topological polar surface area (TPSA) is 37.3 Å². The minimum absolute atomic E-state index is 0.127. The van der Waals surface area contributed by atoms with Crippen molar-refractivity contribution < 1.29 is 22.4 Å². The lowest BCUT2D eigenvalue weighted by Gasteiger charge is -2.28. The van der Waals surface area contributed by atoms with E-state index in [1.807, 2.05) is 25.2 Å². The predicted octanol–water partition coefficient (Wildman–Crippen LogP) is 6.48. The Morgan fingerprint density at radius 2 is 1.86 bits per heavy atom. The summed E-state index contributed by atoms with van der Waals surface area (Å²) in [6.45, 7) is 1.05. The molecule has 35 heavy (non-hydrogen) atoms. The molecule has 1 aromatic heterocycles. The van der Waals surface area contributed by atoms with Crippen LogP contribution in [0.2, 0.25) is 0 Å². The summed E-state index contributed by atoms with van der Waals surface area (Å²) in [4.78, 5) is 15.5. The summed E-state index contributed by atoms with van der Waals surface area (Å²) in [5.74, 6) is -0.882. The molecule has 0 radical (unpaired) electrons. The molecule has 4 aromatic rings. The number of nitrogens with zero attached hydrogens (tertiary/aromatic N) is 2. The molecule has 1 aliphatic heterocycles. The van der Waals surface area contributed by atoms with Crippen LogP contribution in [-0.2, 0) is 19.1 Å². The highest BCUT2D eigenvalue weighted by Crippen LogP contribution is 2.33. The maximum atomic E-state index is 13.8. The molecule has 2 heterocycles. The molecule has 1 N–H and O–H groups in total. The Bertz CT molecular complexity index is 1420. The highest BCUT2D eigenvalue weighted by atomic mass is 19.4. The van der Waals surface area contributed by atoms with Gasteiger partial charge in [0.05, 0.1) is 5.56 Å². The molecule has 4 nitrogen and oxygen atoms in total. The quantitative estimate of drug-likeness (QED) is 0.339. The number of nitrogens with one attached hydrogen (secondary N) is 1. The summed E-state index contributed by atoms with van der Waals surface area (Å²) < 4.78 is 55.3. The predicted molar refractivity (Wildman–Crippen MR) is 128 cm³/mol. The zero-order valence-electron chi connectivity index (χ0n) is 19.0. The Balaban J connectivity index is 1.54. The van der Waals surface area contributed by atoms with Gasteiger partial charge in [-0.2, -0.15) is 13.2 Å². The standard InChI is InChI=1S/C27H23F4N3O/c1-33-11-3-5-18-7-9-22(15-24(18)33)32-26(35)25-14-19-13-20(27(29,30)31)8-10-23(19)34(25)16-17-4-2-6-21(28)12-17/h2,4,6-10,12-15H,3,5,11,16H2,1H3,(H,32,35). The van der Waals surface area contributed by atoms with Crippen molar-refractivity contribution in [2.24, 2.45) is 0 Å². The third-order valence-corrected chi connectivity index (χ3v) is 6.39. The first-order valence-electron chi connectivity index (χ1n) is 11.3. The van der Waals surface area contributed by atoms with Crippen molar-refractivity contribution in [3.05, 3.63) is 94.9 Å². The average molecular weight is 481 g/mol. The number of aromatic nitrogens is 1. The van der Waals surface area contributed by atoms with Gasteiger partial charge < -0.3 is 14.8 Å². The summed E-state index contributed by atoms with van der Waals surface area (Å²) in [5, 5.41) is 3.17. The van der Waals surface area contributed by atoms with E-state index in [9.17, 15) is 22.4 Å². The maximum absolute atomic E-state index is 13.8. The Kier molecular flexibility index (Phi) is 5.75. The lowest BCUT2D eigenvalue weighted by molar-refractivity contribution is -0.137. The number of anilines is 2. The number of amides is 1. The highest BCUT2D eigenvalue weighted by molar-refractivity contribution is 6.06. The third kappa shape index (κ3) is 4.60. The van der Waals surface area contributed by atoms with Gasteiger partial charge in [-0.15, -0.1) is 0 Å². The minimum atomic E-state index is -4.50. The molecule has 8 heteroatoms. The molecule has 0 unspecified atom stereocenters. The first kappa shape index (κ1) is 23.0. The Labute approximate surface area is 199 Å². The molecule has 0 saturated heterocycles. The van der Waals surface area contributed by atoms with Gasteiger partial charge >= 0.3 is 6.18 Å².